The molecule has 0 spiro atoms. The number of nitrogens with zero attached hydrogens (tertiary/aromatic N) is 4. The normalized spacial score (nSPS) is 16.5. The van der Waals surface area contributed by atoms with Gasteiger partial charge in [0.2, 0.25) is 0 Å². The second-order valence-corrected chi connectivity index (χ2v) is 7.24. The number of aromatic nitrogens is 3. The van der Waals surface area contributed by atoms with Crippen molar-refractivity contribution in [1.29, 1.82) is 0 Å². The minimum atomic E-state index is -0.00157. The topological polar surface area (TPSA) is 51.0 Å². The molecule has 5 heteroatoms. The Morgan fingerprint density at radius 2 is 1.96 bits per heavy atom. The first-order chi connectivity index (χ1) is 13.1. The molecule has 3 heterocycles. The van der Waals surface area contributed by atoms with Crippen LogP contribution < -0.4 is 4.90 Å². The van der Waals surface area contributed by atoms with Gasteiger partial charge < -0.3 is 4.90 Å². The molecule has 0 bridgehead atoms. The zero-order valence-corrected chi connectivity index (χ0v) is 16.0. The predicted molar refractivity (Wildman–Crippen MR) is 107 cm³/mol. The first kappa shape index (κ1) is 17.5. The summed E-state index contributed by atoms with van der Waals surface area (Å²) in [5, 5.41) is 4.53. The third-order valence-corrected chi connectivity index (χ3v) is 5.09. The van der Waals surface area contributed by atoms with Crippen molar-refractivity contribution in [2.75, 3.05) is 11.4 Å². The summed E-state index contributed by atoms with van der Waals surface area (Å²) in [6.07, 6.45) is 5.60. The van der Waals surface area contributed by atoms with Gasteiger partial charge >= 0.3 is 0 Å². The van der Waals surface area contributed by atoms with E-state index in [-0.39, 0.29) is 11.9 Å². The number of carbonyl (C=O) groups is 1. The van der Waals surface area contributed by atoms with E-state index in [1.165, 1.54) is 5.56 Å². The molecule has 0 saturated heterocycles. The standard InChI is InChI=1S/C22H24N4O/c1-4-5-18-12-17(10-11-23-18)20-13-24-26-16(3)14-25(22(27)21(20)26)19-8-6-15(2)7-9-19/h6-13,16H,4-5,14H2,1-3H3/t16-/m0/s1/i4-1. The van der Waals surface area contributed by atoms with Gasteiger partial charge in [0.25, 0.3) is 5.91 Å². The van der Waals surface area contributed by atoms with Crippen molar-refractivity contribution in [2.45, 2.75) is 39.7 Å². The molecule has 4 rings (SSSR count). The minimum Gasteiger partial charge on any atom is -0.305 e. The molecule has 1 amide bonds. The highest BCUT2D eigenvalue weighted by Crippen LogP contribution is 2.32. The van der Waals surface area contributed by atoms with E-state index in [0.717, 1.165) is 35.3 Å². The maximum absolute atomic E-state index is 13.4. The quantitative estimate of drug-likeness (QED) is 0.692. The van der Waals surface area contributed by atoms with Gasteiger partial charge in [-0.2, -0.15) is 5.10 Å². The van der Waals surface area contributed by atoms with Crippen LogP contribution in [0.5, 0.6) is 0 Å². The number of hydrogen-bond donors (Lipinski definition) is 0. The number of anilines is 1. The second kappa shape index (κ2) is 6.99. The average molecular weight is 359 g/mol. The second-order valence-electron chi connectivity index (χ2n) is 7.24. The van der Waals surface area contributed by atoms with E-state index in [4.69, 9.17) is 0 Å². The zero-order valence-electron chi connectivity index (χ0n) is 16.0. The van der Waals surface area contributed by atoms with Crippen molar-refractivity contribution in [1.82, 2.24) is 14.8 Å². The van der Waals surface area contributed by atoms with Gasteiger partial charge in [0.05, 0.1) is 12.2 Å². The lowest BCUT2D eigenvalue weighted by Gasteiger charge is -2.32. The number of amides is 1. The summed E-state index contributed by atoms with van der Waals surface area (Å²) >= 11 is 0. The third-order valence-electron chi connectivity index (χ3n) is 5.09. The molecule has 1 aliphatic heterocycles. The van der Waals surface area contributed by atoms with Crippen LogP contribution in [-0.4, -0.2) is 27.2 Å². The molecule has 1 aromatic carbocycles. The van der Waals surface area contributed by atoms with Crippen LogP contribution in [0, 0.1) is 6.92 Å². The Morgan fingerprint density at radius 1 is 1.19 bits per heavy atom. The summed E-state index contributed by atoms with van der Waals surface area (Å²) in [6, 6.07) is 12.3. The molecule has 0 saturated carbocycles. The fourth-order valence-electron chi connectivity index (χ4n) is 3.66. The Morgan fingerprint density at radius 3 is 2.70 bits per heavy atom. The highest BCUT2D eigenvalue weighted by molar-refractivity contribution is 6.09. The Kier molecular flexibility index (Phi) is 4.52. The average Bonchev–Trinajstić information content (AvgIpc) is 3.12. The van der Waals surface area contributed by atoms with Gasteiger partial charge in [-0.05, 0) is 50.1 Å². The summed E-state index contributed by atoms with van der Waals surface area (Å²) in [4.78, 5) is 19.7. The smallest absolute Gasteiger partial charge is 0.277 e. The minimum absolute atomic E-state index is 0.00157. The highest BCUT2D eigenvalue weighted by Gasteiger charge is 2.33. The van der Waals surface area contributed by atoms with Crippen LogP contribution in [0.3, 0.4) is 0 Å². The Balaban J connectivity index is 1.77. The summed E-state index contributed by atoms with van der Waals surface area (Å²) in [7, 11) is 0. The Hall–Kier alpha value is -2.95. The molecule has 0 unspecified atom stereocenters. The van der Waals surface area contributed by atoms with Crippen LogP contribution in [0.4, 0.5) is 5.69 Å². The van der Waals surface area contributed by atoms with Gasteiger partial charge in [0.15, 0.2) is 0 Å². The number of carbonyl (C=O) groups excluding carboxylic acids is 1. The molecule has 0 radical (unpaired) electrons. The lowest BCUT2D eigenvalue weighted by atomic mass is 9.87. The van der Waals surface area contributed by atoms with E-state index in [9.17, 15) is 4.79 Å². The van der Waals surface area contributed by atoms with Crippen LogP contribution in [0.15, 0.2) is 48.8 Å². The van der Waals surface area contributed by atoms with Gasteiger partial charge in [-0.25, -0.2) is 0 Å². The number of rotatable bonds is 4. The van der Waals surface area contributed by atoms with Gasteiger partial charge in [0, 0.05) is 29.7 Å². The highest BCUT2D eigenvalue weighted by atomic mass is 16.2. The number of fused-ring (bicyclic) bond motifs is 1. The summed E-state index contributed by atoms with van der Waals surface area (Å²) in [6.45, 7) is 6.91. The lowest BCUT2D eigenvalue weighted by Crippen LogP contribution is -2.42. The molecule has 138 valence electrons. The molecular formula is C22H24N4O. The van der Waals surface area contributed by atoms with E-state index in [1.54, 1.807) is 0 Å². The molecule has 1 aliphatic rings. The van der Waals surface area contributed by atoms with E-state index in [0.29, 0.717) is 12.2 Å². The molecule has 3 aromatic rings. The van der Waals surface area contributed by atoms with Crippen molar-refractivity contribution in [3.05, 3.63) is 65.7 Å². The first-order valence-electron chi connectivity index (χ1n) is 9.50. The largest absolute Gasteiger partial charge is 0.305 e. The Bertz CT molecular complexity index is 974. The van der Waals surface area contributed by atoms with Crippen LogP contribution in [0.25, 0.3) is 11.1 Å². The first-order valence-corrected chi connectivity index (χ1v) is 9.50. The molecule has 0 aliphatic carbocycles. The fourth-order valence-corrected chi connectivity index (χ4v) is 3.66. The molecule has 2 aromatic heterocycles. The third kappa shape index (κ3) is 3.14. The van der Waals surface area contributed by atoms with Crippen LogP contribution in [0.2, 0.25) is 0 Å². The van der Waals surface area contributed by atoms with Crippen molar-refractivity contribution in [3.8, 4) is 11.1 Å². The van der Waals surface area contributed by atoms with Crippen LogP contribution in [-0.2, 0) is 6.42 Å². The van der Waals surface area contributed by atoms with Crippen LogP contribution in [0.1, 0.15) is 48.1 Å². The maximum Gasteiger partial charge on any atom is 0.277 e. The van der Waals surface area contributed by atoms with Crippen molar-refractivity contribution in [3.63, 3.8) is 0 Å². The fraction of sp³-hybridized carbons (Fsp3) is 0.318. The number of pyridine rings is 1. The summed E-state index contributed by atoms with van der Waals surface area (Å²) in [5.74, 6) is -0.00157. The number of benzene rings is 1. The lowest BCUT2D eigenvalue weighted by molar-refractivity contribution is 0.0954. The summed E-state index contributed by atoms with van der Waals surface area (Å²) in [5.41, 5.74) is 5.69. The monoisotopic (exact) mass is 359 g/mol. The molecule has 5 nitrogen and oxygen atoms in total. The zero-order chi connectivity index (χ0) is 19.0. The van der Waals surface area contributed by atoms with E-state index in [1.807, 2.05) is 52.3 Å². The summed E-state index contributed by atoms with van der Waals surface area (Å²) < 4.78 is 1.86. The number of aryl methyl sites for hydroxylation is 2. The van der Waals surface area contributed by atoms with Gasteiger partial charge in [0.1, 0.15) is 5.69 Å². The van der Waals surface area contributed by atoms with Gasteiger partial charge in [-0.3, -0.25) is 14.5 Å². The van der Waals surface area contributed by atoms with Gasteiger partial charge in [-0.15, -0.1) is 0 Å². The Labute approximate surface area is 159 Å². The molecule has 0 N–H and O–H groups in total. The number of hydrogen-bond acceptors (Lipinski definition) is 3. The molecular weight excluding hydrogens is 335 g/mol. The predicted octanol–water partition coefficient (Wildman–Crippen LogP) is 4.43. The van der Waals surface area contributed by atoms with Crippen LogP contribution >= 0.6 is 0 Å². The molecule has 27 heavy (non-hydrogen) atoms. The van der Waals surface area contributed by atoms with E-state index >= 15 is 0 Å². The van der Waals surface area contributed by atoms with E-state index < -0.39 is 0 Å². The van der Waals surface area contributed by atoms with Crippen molar-refractivity contribution in [2.24, 2.45) is 0 Å². The van der Waals surface area contributed by atoms with E-state index in [2.05, 4.69) is 36.9 Å². The molecule has 0 fully saturated rings. The maximum atomic E-state index is 13.4. The molecule has 1 atom stereocenters. The van der Waals surface area contributed by atoms with Crippen molar-refractivity contribution >= 4 is 11.6 Å². The SMILES string of the molecule is C[11CH2]Cc1cc(-c2cnn3c2C(=O)N(c2ccc(C)cc2)C[C@@H]3C)ccn1. The van der Waals surface area contributed by atoms with Crippen molar-refractivity contribution < 1.29 is 4.79 Å². The van der Waals surface area contributed by atoms with Gasteiger partial charge in [-0.1, -0.05) is 31.0 Å².